The van der Waals surface area contributed by atoms with E-state index in [2.05, 4.69) is 9.68 Å². The Kier molecular flexibility index (Phi) is 3.01. The maximum atomic E-state index is 11.9. The summed E-state index contributed by atoms with van der Waals surface area (Å²) in [5.74, 6) is -1.04. The molecule has 94 valence electrons. The molecular formula is C12H12N2O4. The van der Waals surface area contributed by atoms with Crippen LogP contribution in [0.1, 0.15) is 27.3 Å². The Morgan fingerprint density at radius 2 is 2.22 bits per heavy atom. The number of aromatic nitrogens is 2. The third-order valence-corrected chi connectivity index (χ3v) is 2.79. The van der Waals surface area contributed by atoms with Crippen LogP contribution in [0.2, 0.25) is 0 Å². The van der Waals surface area contributed by atoms with Gasteiger partial charge in [0.1, 0.15) is 12.0 Å². The molecule has 0 bridgehead atoms. The second kappa shape index (κ2) is 4.48. The molecule has 18 heavy (non-hydrogen) atoms. The molecule has 0 aliphatic rings. The summed E-state index contributed by atoms with van der Waals surface area (Å²) in [5.41, 5.74) is 1.34. The number of carbonyl (C=O) groups is 1. The third-order valence-electron chi connectivity index (χ3n) is 2.79. The Labute approximate surface area is 102 Å². The minimum Gasteiger partial charge on any atom is -0.478 e. The lowest BCUT2D eigenvalue weighted by atomic mass is 10.1. The maximum Gasteiger partial charge on any atom is 0.337 e. The van der Waals surface area contributed by atoms with Crippen molar-refractivity contribution in [1.29, 1.82) is 0 Å². The molecule has 0 aromatic carbocycles. The summed E-state index contributed by atoms with van der Waals surface area (Å²) in [6.45, 7) is 3.41. The molecule has 2 aromatic heterocycles. The van der Waals surface area contributed by atoms with E-state index < -0.39 is 5.97 Å². The number of aromatic carboxylic acids is 1. The molecule has 0 spiro atoms. The van der Waals surface area contributed by atoms with Crippen molar-refractivity contribution in [3.8, 4) is 0 Å². The summed E-state index contributed by atoms with van der Waals surface area (Å²) < 4.78 is 6.06. The van der Waals surface area contributed by atoms with Gasteiger partial charge >= 0.3 is 5.97 Å². The van der Waals surface area contributed by atoms with Crippen molar-refractivity contribution in [1.82, 2.24) is 9.72 Å². The lowest BCUT2D eigenvalue weighted by Gasteiger charge is -2.12. The Morgan fingerprint density at radius 3 is 2.78 bits per heavy atom. The number of nitrogens with zero attached hydrogens (tertiary/aromatic N) is 2. The molecule has 0 aliphatic heterocycles. The zero-order chi connectivity index (χ0) is 13.3. The van der Waals surface area contributed by atoms with Gasteiger partial charge in [-0.2, -0.15) is 0 Å². The Balaban J connectivity index is 2.57. The Bertz CT molecular complexity index is 641. The molecule has 0 unspecified atom stereocenters. The fourth-order valence-corrected chi connectivity index (χ4v) is 1.92. The molecule has 0 fully saturated rings. The quantitative estimate of drug-likeness (QED) is 0.882. The fraction of sp³-hybridized carbons (Fsp3) is 0.250. The second-order valence-electron chi connectivity index (χ2n) is 4.01. The van der Waals surface area contributed by atoms with E-state index >= 15 is 0 Å². The smallest absolute Gasteiger partial charge is 0.337 e. The van der Waals surface area contributed by atoms with Crippen LogP contribution >= 0.6 is 0 Å². The lowest BCUT2D eigenvalue weighted by Crippen LogP contribution is -2.26. The lowest BCUT2D eigenvalue weighted by molar-refractivity contribution is 0.0694. The van der Waals surface area contributed by atoms with Crippen LogP contribution in [0.25, 0.3) is 0 Å². The first-order chi connectivity index (χ1) is 8.50. The molecule has 2 rings (SSSR count). The first kappa shape index (κ1) is 12.1. The van der Waals surface area contributed by atoms with Crippen molar-refractivity contribution < 1.29 is 14.4 Å². The van der Waals surface area contributed by atoms with Crippen molar-refractivity contribution in [3.05, 3.63) is 51.3 Å². The molecule has 1 N–H and O–H groups in total. The van der Waals surface area contributed by atoms with Gasteiger partial charge in [0.15, 0.2) is 0 Å². The van der Waals surface area contributed by atoms with Crippen LogP contribution in [0.15, 0.2) is 27.7 Å². The molecule has 0 saturated heterocycles. The minimum atomic E-state index is -1.04. The molecule has 0 atom stereocenters. The summed E-state index contributed by atoms with van der Waals surface area (Å²) in [6.07, 6.45) is 1.40. The summed E-state index contributed by atoms with van der Waals surface area (Å²) in [5, 5.41) is 12.8. The van der Waals surface area contributed by atoms with E-state index in [0.29, 0.717) is 17.0 Å². The highest BCUT2D eigenvalue weighted by Gasteiger charge is 2.16. The van der Waals surface area contributed by atoms with Gasteiger partial charge in [-0.15, -0.1) is 0 Å². The summed E-state index contributed by atoms with van der Waals surface area (Å²) in [7, 11) is 0. The van der Waals surface area contributed by atoms with Crippen LogP contribution < -0.4 is 5.56 Å². The molecule has 6 nitrogen and oxygen atoms in total. The average molecular weight is 248 g/mol. The van der Waals surface area contributed by atoms with Gasteiger partial charge in [0, 0.05) is 17.8 Å². The zero-order valence-electron chi connectivity index (χ0n) is 10.0. The SMILES string of the molecule is Cc1cc(=O)n(Cc2ccon2)c(C)c1C(=O)O. The number of hydrogen-bond donors (Lipinski definition) is 1. The maximum absolute atomic E-state index is 11.9. The number of rotatable bonds is 3. The van der Waals surface area contributed by atoms with Gasteiger partial charge in [-0.3, -0.25) is 4.79 Å². The van der Waals surface area contributed by atoms with Crippen LogP contribution in [0.4, 0.5) is 0 Å². The number of hydrogen-bond acceptors (Lipinski definition) is 4. The van der Waals surface area contributed by atoms with Crippen molar-refractivity contribution >= 4 is 5.97 Å². The molecule has 6 heteroatoms. The normalized spacial score (nSPS) is 10.6. The standard InChI is InChI=1S/C12H12N2O4/c1-7-5-10(15)14(6-9-3-4-18-13-9)8(2)11(7)12(16)17/h3-5H,6H2,1-2H3,(H,16,17). The summed E-state index contributed by atoms with van der Waals surface area (Å²) >= 11 is 0. The van der Waals surface area contributed by atoms with Crippen molar-refractivity contribution in [3.63, 3.8) is 0 Å². The van der Waals surface area contributed by atoms with Crippen LogP contribution in [-0.2, 0) is 6.54 Å². The highest BCUT2D eigenvalue weighted by molar-refractivity contribution is 5.90. The number of carboxylic acid groups (broad SMARTS) is 1. The topological polar surface area (TPSA) is 85.3 Å². The Morgan fingerprint density at radius 1 is 1.50 bits per heavy atom. The predicted octanol–water partition coefficient (Wildman–Crippen LogP) is 1.20. The predicted molar refractivity (Wildman–Crippen MR) is 62.7 cm³/mol. The molecule has 0 amide bonds. The van der Waals surface area contributed by atoms with Gasteiger partial charge in [-0.05, 0) is 19.4 Å². The van der Waals surface area contributed by atoms with Gasteiger partial charge in [0.05, 0.1) is 12.1 Å². The highest BCUT2D eigenvalue weighted by Crippen LogP contribution is 2.12. The van der Waals surface area contributed by atoms with Crippen LogP contribution in [0, 0.1) is 13.8 Å². The molecule has 0 radical (unpaired) electrons. The molecule has 0 aliphatic carbocycles. The highest BCUT2D eigenvalue weighted by atomic mass is 16.5. The van der Waals surface area contributed by atoms with E-state index in [1.807, 2.05) is 0 Å². The summed E-state index contributed by atoms with van der Waals surface area (Å²) in [4.78, 5) is 23.0. The van der Waals surface area contributed by atoms with Crippen molar-refractivity contribution in [2.75, 3.05) is 0 Å². The van der Waals surface area contributed by atoms with Gasteiger partial charge in [-0.25, -0.2) is 4.79 Å². The molecule has 2 heterocycles. The zero-order valence-corrected chi connectivity index (χ0v) is 10.0. The largest absolute Gasteiger partial charge is 0.478 e. The van der Waals surface area contributed by atoms with E-state index in [0.717, 1.165) is 0 Å². The van der Waals surface area contributed by atoms with E-state index in [-0.39, 0.29) is 17.7 Å². The van der Waals surface area contributed by atoms with Gasteiger partial charge < -0.3 is 14.2 Å². The van der Waals surface area contributed by atoms with E-state index in [1.54, 1.807) is 19.9 Å². The van der Waals surface area contributed by atoms with Crippen LogP contribution in [0.5, 0.6) is 0 Å². The Hall–Kier alpha value is -2.37. The summed E-state index contributed by atoms with van der Waals surface area (Å²) in [6, 6.07) is 2.95. The van der Waals surface area contributed by atoms with E-state index in [4.69, 9.17) is 5.11 Å². The van der Waals surface area contributed by atoms with Gasteiger partial charge in [0.2, 0.25) is 0 Å². The van der Waals surface area contributed by atoms with E-state index in [9.17, 15) is 9.59 Å². The van der Waals surface area contributed by atoms with Gasteiger partial charge in [0.25, 0.3) is 5.56 Å². The van der Waals surface area contributed by atoms with E-state index in [1.165, 1.54) is 16.9 Å². The second-order valence-corrected chi connectivity index (χ2v) is 4.01. The third kappa shape index (κ3) is 2.04. The number of aryl methyl sites for hydroxylation is 1. The average Bonchev–Trinajstić information content (AvgIpc) is 2.75. The number of pyridine rings is 1. The monoisotopic (exact) mass is 248 g/mol. The van der Waals surface area contributed by atoms with Crippen molar-refractivity contribution in [2.24, 2.45) is 0 Å². The molecule has 0 saturated carbocycles. The number of carboxylic acids is 1. The van der Waals surface area contributed by atoms with Crippen LogP contribution in [0.3, 0.4) is 0 Å². The first-order valence-corrected chi connectivity index (χ1v) is 5.34. The van der Waals surface area contributed by atoms with Crippen LogP contribution in [-0.4, -0.2) is 20.8 Å². The first-order valence-electron chi connectivity index (χ1n) is 5.34. The van der Waals surface area contributed by atoms with Crippen molar-refractivity contribution in [2.45, 2.75) is 20.4 Å². The molecule has 2 aromatic rings. The minimum absolute atomic E-state index is 0.151. The molecular weight excluding hydrogens is 236 g/mol. The fourth-order valence-electron chi connectivity index (χ4n) is 1.92. The van der Waals surface area contributed by atoms with Gasteiger partial charge in [-0.1, -0.05) is 5.16 Å².